The van der Waals surface area contributed by atoms with E-state index in [1.54, 1.807) is 24.3 Å². The van der Waals surface area contributed by atoms with Crippen LogP contribution in [0.2, 0.25) is 5.02 Å². The number of nitrogens with one attached hydrogen (secondary N) is 2. The smallest absolute Gasteiger partial charge is 0.247 e. The fourth-order valence-corrected chi connectivity index (χ4v) is 4.65. The lowest BCUT2D eigenvalue weighted by Crippen LogP contribution is -2.45. The molecule has 0 aliphatic carbocycles. The van der Waals surface area contributed by atoms with Gasteiger partial charge in [0.1, 0.15) is 6.04 Å². The summed E-state index contributed by atoms with van der Waals surface area (Å²) < 4.78 is 0. The average Bonchev–Trinajstić information content (AvgIpc) is 3.19. The summed E-state index contributed by atoms with van der Waals surface area (Å²) in [6.07, 6.45) is 3.73. The fourth-order valence-electron chi connectivity index (χ4n) is 4.52. The minimum absolute atomic E-state index is 0.322. The number of fused-ring (bicyclic) bond motifs is 5. The van der Waals surface area contributed by atoms with E-state index in [0.717, 1.165) is 11.1 Å². The van der Waals surface area contributed by atoms with Crippen molar-refractivity contribution in [1.29, 1.82) is 0 Å². The predicted octanol–water partition coefficient (Wildman–Crippen LogP) is 2.58. The van der Waals surface area contributed by atoms with Gasteiger partial charge in [0, 0.05) is 16.9 Å². The second kappa shape index (κ2) is 6.21. The van der Waals surface area contributed by atoms with E-state index < -0.39 is 23.8 Å². The molecule has 6 nitrogen and oxygen atoms in total. The molecule has 140 valence electrons. The topological polar surface area (TPSA) is 78.5 Å². The van der Waals surface area contributed by atoms with Crippen LogP contribution in [-0.2, 0) is 14.4 Å². The maximum atomic E-state index is 13.2. The zero-order valence-electron chi connectivity index (χ0n) is 14.6. The number of benzene rings is 2. The number of carbonyl (C=O) groups is 3. The van der Waals surface area contributed by atoms with Crippen molar-refractivity contribution < 1.29 is 14.4 Å². The predicted molar refractivity (Wildman–Crippen MR) is 104 cm³/mol. The first-order valence-electron chi connectivity index (χ1n) is 9.00. The molecule has 3 heterocycles. The summed E-state index contributed by atoms with van der Waals surface area (Å²) in [5, 5.41) is 5.83. The van der Waals surface area contributed by atoms with Gasteiger partial charge in [0.2, 0.25) is 17.7 Å². The van der Waals surface area contributed by atoms with Crippen LogP contribution in [0.15, 0.2) is 54.7 Å². The number of anilines is 1. The van der Waals surface area contributed by atoms with Crippen molar-refractivity contribution in [3.63, 3.8) is 0 Å². The molecule has 2 aromatic rings. The van der Waals surface area contributed by atoms with Gasteiger partial charge >= 0.3 is 0 Å². The highest BCUT2D eigenvalue weighted by molar-refractivity contribution is 6.30. The Morgan fingerprint density at radius 2 is 1.71 bits per heavy atom. The molecule has 3 aliphatic rings. The van der Waals surface area contributed by atoms with Gasteiger partial charge in [0.15, 0.2) is 0 Å². The van der Waals surface area contributed by atoms with E-state index in [-0.39, 0.29) is 17.9 Å². The van der Waals surface area contributed by atoms with Crippen molar-refractivity contribution in [2.45, 2.75) is 12.1 Å². The third-order valence-electron chi connectivity index (χ3n) is 5.68. The van der Waals surface area contributed by atoms with E-state index in [9.17, 15) is 14.4 Å². The first kappa shape index (κ1) is 17.0. The van der Waals surface area contributed by atoms with Crippen LogP contribution in [0.3, 0.4) is 0 Å². The van der Waals surface area contributed by atoms with Crippen molar-refractivity contribution >= 4 is 41.1 Å². The van der Waals surface area contributed by atoms with Crippen LogP contribution in [0.1, 0.15) is 17.2 Å². The minimum atomic E-state index is -0.776. The van der Waals surface area contributed by atoms with Crippen LogP contribution in [0.4, 0.5) is 5.69 Å². The van der Waals surface area contributed by atoms with E-state index in [1.165, 1.54) is 0 Å². The quantitative estimate of drug-likeness (QED) is 0.769. The molecule has 0 aromatic heterocycles. The highest BCUT2D eigenvalue weighted by Crippen LogP contribution is 2.50. The summed E-state index contributed by atoms with van der Waals surface area (Å²) >= 11 is 5.90. The Hall–Kier alpha value is -3.12. The second-order valence-corrected chi connectivity index (χ2v) is 7.62. The first-order valence-corrected chi connectivity index (χ1v) is 9.38. The van der Waals surface area contributed by atoms with E-state index in [2.05, 4.69) is 10.6 Å². The van der Waals surface area contributed by atoms with Gasteiger partial charge in [0.05, 0.1) is 17.9 Å². The van der Waals surface area contributed by atoms with Gasteiger partial charge in [-0.15, -0.1) is 0 Å². The SMILES string of the molecule is O=C1NC(=O)[C@H]2[C@@H]1[C@@H](C(=O)Nc1ccc(Cl)cc1)N1C=Cc3ccccc3[C@H]21. The molecule has 2 aromatic carbocycles. The standard InChI is InChI=1S/C21H16ClN3O3/c22-12-5-7-13(8-6-12)23-21(28)18-16-15(19(26)24-20(16)27)17-14-4-2-1-3-11(14)9-10-25(17)18/h1-10,15-18H,(H,23,28)(H,24,26,27)/t15-,16+,17+,18-/m0/s1. The molecule has 3 amide bonds. The Bertz CT molecular complexity index is 1030. The molecule has 2 fully saturated rings. The lowest BCUT2D eigenvalue weighted by Gasteiger charge is -2.34. The molecule has 0 bridgehead atoms. The Kier molecular flexibility index (Phi) is 3.77. The zero-order valence-corrected chi connectivity index (χ0v) is 15.4. The van der Waals surface area contributed by atoms with Gasteiger partial charge in [-0.05, 0) is 41.5 Å². The molecule has 0 spiro atoms. The van der Waals surface area contributed by atoms with E-state index in [0.29, 0.717) is 10.7 Å². The van der Waals surface area contributed by atoms with Crippen LogP contribution in [0.25, 0.3) is 6.08 Å². The summed E-state index contributed by atoms with van der Waals surface area (Å²) in [7, 11) is 0. The Balaban J connectivity index is 1.54. The molecule has 0 radical (unpaired) electrons. The lowest BCUT2D eigenvalue weighted by molar-refractivity contribution is -0.130. The molecular weight excluding hydrogens is 378 g/mol. The van der Waals surface area contributed by atoms with Crippen LogP contribution in [0.5, 0.6) is 0 Å². The number of hydrogen-bond donors (Lipinski definition) is 2. The number of hydrogen-bond acceptors (Lipinski definition) is 4. The average molecular weight is 394 g/mol. The number of halogens is 1. The number of nitrogens with zero attached hydrogens (tertiary/aromatic N) is 1. The van der Waals surface area contributed by atoms with Crippen molar-refractivity contribution in [2.24, 2.45) is 11.8 Å². The fraction of sp³-hybridized carbons (Fsp3) is 0.190. The highest BCUT2D eigenvalue weighted by atomic mass is 35.5. The van der Waals surface area contributed by atoms with Gasteiger partial charge in [-0.3, -0.25) is 19.7 Å². The summed E-state index contributed by atoms with van der Waals surface area (Å²) in [4.78, 5) is 40.1. The van der Waals surface area contributed by atoms with Gasteiger partial charge in [0.25, 0.3) is 0 Å². The van der Waals surface area contributed by atoms with Crippen molar-refractivity contribution in [1.82, 2.24) is 10.2 Å². The van der Waals surface area contributed by atoms with E-state index in [1.807, 2.05) is 41.4 Å². The van der Waals surface area contributed by atoms with Gasteiger partial charge in [-0.25, -0.2) is 0 Å². The largest absolute Gasteiger partial charge is 0.357 e. The molecule has 7 heteroatoms. The number of carbonyl (C=O) groups excluding carboxylic acids is 3. The number of imide groups is 1. The van der Waals surface area contributed by atoms with Crippen molar-refractivity contribution in [3.8, 4) is 0 Å². The van der Waals surface area contributed by atoms with Crippen LogP contribution in [0, 0.1) is 11.8 Å². The first-order chi connectivity index (χ1) is 13.5. The molecule has 2 N–H and O–H groups in total. The molecule has 0 saturated carbocycles. The zero-order chi connectivity index (χ0) is 19.4. The van der Waals surface area contributed by atoms with Gasteiger partial charge in [-0.2, -0.15) is 0 Å². The molecular formula is C21H16ClN3O3. The van der Waals surface area contributed by atoms with Gasteiger partial charge < -0.3 is 10.2 Å². The normalized spacial score (nSPS) is 27.1. The van der Waals surface area contributed by atoms with Crippen LogP contribution in [-0.4, -0.2) is 28.7 Å². The lowest BCUT2D eigenvalue weighted by atomic mass is 9.84. The Labute approximate surface area is 166 Å². The third kappa shape index (κ3) is 2.45. The molecule has 4 atom stereocenters. The summed E-state index contributed by atoms with van der Waals surface area (Å²) in [6, 6.07) is 13.4. The minimum Gasteiger partial charge on any atom is -0.357 e. The van der Waals surface area contributed by atoms with Crippen molar-refractivity contribution in [2.75, 3.05) is 5.32 Å². The summed E-state index contributed by atoms with van der Waals surface area (Å²) in [5.41, 5.74) is 2.53. The Morgan fingerprint density at radius 1 is 1.00 bits per heavy atom. The molecule has 3 aliphatic heterocycles. The van der Waals surface area contributed by atoms with E-state index >= 15 is 0 Å². The second-order valence-electron chi connectivity index (χ2n) is 7.18. The van der Waals surface area contributed by atoms with Crippen LogP contribution < -0.4 is 10.6 Å². The molecule has 5 rings (SSSR count). The number of amides is 3. The highest BCUT2D eigenvalue weighted by Gasteiger charge is 2.61. The molecule has 2 saturated heterocycles. The summed E-state index contributed by atoms with van der Waals surface area (Å²) in [6.45, 7) is 0. The third-order valence-corrected chi connectivity index (χ3v) is 5.93. The van der Waals surface area contributed by atoms with E-state index in [4.69, 9.17) is 11.6 Å². The van der Waals surface area contributed by atoms with Crippen LogP contribution >= 0.6 is 11.6 Å². The molecule has 28 heavy (non-hydrogen) atoms. The van der Waals surface area contributed by atoms with Crippen molar-refractivity contribution in [3.05, 3.63) is 70.9 Å². The number of rotatable bonds is 2. The molecule has 0 unspecified atom stereocenters. The Morgan fingerprint density at radius 3 is 2.50 bits per heavy atom. The maximum absolute atomic E-state index is 13.2. The van der Waals surface area contributed by atoms with Gasteiger partial charge in [-0.1, -0.05) is 35.9 Å². The maximum Gasteiger partial charge on any atom is 0.247 e. The monoisotopic (exact) mass is 393 g/mol. The summed E-state index contributed by atoms with van der Waals surface area (Å²) in [5.74, 6) is -2.38.